The summed E-state index contributed by atoms with van der Waals surface area (Å²) in [5.74, 6) is -0.918. The molecule has 2 aromatic carbocycles. The van der Waals surface area contributed by atoms with Crippen molar-refractivity contribution in [3.05, 3.63) is 76.6 Å². The minimum Gasteiger partial charge on any atom is -0.366 e. The quantitative estimate of drug-likeness (QED) is 0.233. The molecule has 0 atom stereocenters. The van der Waals surface area contributed by atoms with E-state index < -0.39 is 22.3 Å². The highest BCUT2D eigenvalue weighted by Gasteiger charge is 2.21. The Morgan fingerprint density at radius 1 is 1.03 bits per heavy atom. The number of anilines is 3. The number of carbonyl (C=O) groups is 1. The second-order valence-electron chi connectivity index (χ2n) is 7.40. The molecule has 176 valence electrons. The lowest BCUT2D eigenvalue weighted by Crippen LogP contribution is -2.47. The minimum atomic E-state index is -0.972. The predicted octanol–water partition coefficient (Wildman–Crippen LogP) is 3.72. The summed E-state index contributed by atoms with van der Waals surface area (Å²) in [5.41, 5.74) is 0.00868. The molecule has 1 aliphatic rings. The van der Waals surface area contributed by atoms with Crippen LogP contribution in [0.5, 0.6) is 0 Å². The summed E-state index contributed by atoms with van der Waals surface area (Å²) in [6.07, 6.45) is 1.42. The first-order valence-electron chi connectivity index (χ1n) is 10.3. The molecule has 0 bridgehead atoms. The van der Waals surface area contributed by atoms with Gasteiger partial charge in [0.2, 0.25) is 11.7 Å². The maximum atomic E-state index is 14.0. The highest BCUT2D eigenvalue weighted by atomic mass is 32.2. The molecule has 34 heavy (non-hydrogen) atoms. The van der Waals surface area contributed by atoms with Gasteiger partial charge < -0.3 is 15.1 Å². The van der Waals surface area contributed by atoms with Crippen molar-refractivity contribution in [1.29, 1.82) is 0 Å². The number of rotatable bonds is 7. The number of piperazine rings is 1. The molecule has 1 N–H and O–H groups in total. The Kier molecular flexibility index (Phi) is 7.16. The van der Waals surface area contributed by atoms with Crippen molar-refractivity contribution in [1.82, 2.24) is 9.97 Å². The van der Waals surface area contributed by atoms with E-state index in [2.05, 4.69) is 20.2 Å². The summed E-state index contributed by atoms with van der Waals surface area (Å²) in [6, 6.07) is 11.6. The van der Waals surface area contributed by atoms with Crippen LogP contribution < -0.4 is 15.1 Å². The Labute approximate surface area is 198 Å². The molecule has 4 rings (SSSR count). The molecule has 2 heterocycles. The smallest absolute Gasteiger partial charge is 0.306 e. The fraction of sp³-hybridized carbons (Fsp3) is 0.227. The van der Waals surface area contributed by atoms with Gasteiger partial charge in [-0.2, -0.15) is 4.39 Å². The zero-order valence-electron chi connectivity index (χ0n) is 17.9. The highest BCUT2D eigenvalue weighted by molar-refractivity contribution is 7.99. The van der Waals surface area contributed by atoms with Crippen molar-refractivity contribution in [3.8, 4) is 0 Å². The standard InChI is InChI=1S/C22H20F2N6O3S/c23-16-3-1-2-4-18(16)28-7-9-29(10-8-28)20-12-22(26-14-25-20)34-13-21(31)27-15-5-6-17(24)19(11-15)30(32)33/h1-6,11-12,14H,7-10,13H2,(H,27,31). The molecular formula is C22H20F2N6O3S. The lowest BCUT2D eigenvalue weighted by Gasteiger charge is -2.36. The monoisotopic (exact) mass is 486 g/mol. The number of aromatic nitrogens is 2. The van der Waals surface area contributed by atoms with Gasteiger partial charge in [0.1, 0.15) is 23.0 Å². The van der Waals surface area contributed by atoms with E-state index in [1.54, 1.807) is 18.2 Å². The molecule has 1 aliphatic heterocycles. The van der Waals surface area contributed by atoms with E-state index in [0.29, 0.717) is 42.7 Å². The molecule has 0 aliphatic carbocycles. The van der Waals surface area contributed by atoms with E-state index in [-0.39, 0.29) is 17.3 Å². The van der Waals surface area contributed by atoms with Gasteiger partial charge in [-0.3, -0.25) is 14.9 Å². The van der Waals surface area contributed by atoms with Crippen LogP contribution in [0.1, 0.15) is 0 Å². The summed E-state index contributed by atoms with van der Waals surface area (Å²) in [7, 11) is 0. The molecule has 1 amide bonds. The van der Waals surface area contributed by atoms with Crippen molar-refractivity contribution < 1.29 is 18.5 Å². The molecule has 1 aromatic heterocycles. The number of halogens is 2. The molecule has 9 nitrogen and oxygen atoms in total. The number of nitrogens with one attached hydrogen (secondary N) is 1. The topological polar surface area (TPSA) is 104 Å². The molecule has 1 fully saturated rings. The average molecular weight is 487 g/mol. The summed E-state index contributed by atoms with van der Waals surface area (Å²) < 4.78 is 27.5. The molecule has 0 unspecified atom stereocenters. The lowest BCUT2D eigenvalue weighted by atomic mass is 10.2. The molecule has 12 heteroatoms. The largest absolute Gasteiger partial charge is 0.366 e. The number of hydrogen-bond acceptors (Lipinski definition) is 8. The van der Waals surface area contributed by atoms with Crippen LogP contribution >= 0.6 is 11.8 Å². The zero-order valence-corrected chi connectivity index (χ0v) is 18.7. The fourth-order valence-electron chi connectivity index (χ4n) is 3.53. The Balaban J connectivity index is 1.32. The Hall–Kier alpha value is -3.80. The summed E-state index contributed by atoms with van der Waals surface area (Å²) in [4.78, 5) is 34.8. The number of nitro benzene ring substituents is 1. The van der Waals surface area contributed by atoms with Gasteiger partial charge in [-0.05, 0) is 24.3 Å². The number of thioether (sulfide) groups is 1. The first-order chi connectivity index (χ1) is 16.4. The Morgan fingerprint density at radius 2 is 1.76 bits per heavy atom. The van der Waals surface area contributed by atoms with Gasteiger partial charge in [-0.25, -0.2) is 14.4 Å². The third-order valence-electron chi connectivity index (χ3n) is 5.20. The van der Waals surface area contributed by atoms with Crippen LogP contribution in [0.15, 0.2) is 59.9 Å². The second-order valence-corrected chi connectivity index (χ2v) is 8.40. The zero-order chi connectivity index (χ0) is 24.1. The van der Waals surface area contributed by atoms with Gasteiger partial charge in [-0.15, -0.1) is 0 Å². The number of para-hydroxylation sites is 1. The summed E-state index contributed by atoms with van der Waals surface area (Å²) in [5, 5.41) is 14.0. The SMILES string of the molecule is O=C(CSc1cc(N2CCN(c3ccccc3F)CC2)ncn1)Nc1ccc(F)c([N+](=O)[O-])c1. The molecule has 0 spiro atoms. The number of hydrogen-bond donors (Lipinski definition) is 1. The van der Waals surface area contributed by atoms with Crippen molar-refractivity contribution in [2.75, 3.05) is 47.0 Å². The van der Waals surface area contributed by atoms with Crippen molar-refractivity contribution in [2.24, 2.45) is 0 Å². The van der Waals surface area contributed by atoms with Gasteiger partial charge >= 0.3 is 5.69 Å². The second kappa shape index (κ2) is 10.4. The van der Waals surface area contributed by atoms with Gasteiger partial charge in [-0.1, -0.05) is 23.9 Å². The fourth-order valence-corrected chi connectivity index (χ4v) is 4.19. The Bertz CT molecular complexity index is 1210. The normalized spacial score (nSPS) is 13.6. The molecule has 0 radical (unpaired) electrons. The van der Waals surface area contributed by atoms with Gasteiger partial charge in [0.05, 0.1) is 16.4 Å². The maximum absolute atomic E-state index is 14.0. The summed E-state index contributed by atoms with van der Waals surface area (Å²) >= 11 is 1.18. The van der Waals surface area contributed by atoms with Crippen LogP contribution in [-0.2, 0) is 4.79 Å². The number of amides is 1. The van der Waals surface area contributed by atoms with E-state index in [1.165, 1.54) is 30.2 Å². The van der Waals surface area contributed by atoms with Gasteiger partial charge in [0.15, 0.2) is 0 Å². The van der Waals surface area contributed by atoms with Crippen LogP contribution in [0.3, 0.4) is 0 Å². The van der Waals surface area contributed by atoms with E-state index in [1.807, 2.05) is 11.0 Å². The van der Waals surface area contributed by atoms with E-state index in [4.69, 9.17) is 0 Å². The average Bonchev–Trinajstić information content (AvgIpc) is 2.84. The molecule has 3 aromatic rings. The first-order valence-corrected chi connectivity index (χ1v) is 11.3. The third kappa shape index (κ3) is 5.57. The minimum absolute atomic E-state index is 0.00267. The maximum Gasteiger partial charge on any atom is 0.306 e. The van der Waals surface area contributed by atoms with E-state index in [9.17, 15) is 23.7 Å². The Morgan fingerprint density at radius 3 is 2.50 bits per heavy atom. The van der Waals surface area contributed by atoms with Crippen LogP contribution in [0.2, 0.25) is 0 Å². The van der Waals surface area contributed by atoms with Crippen molar-refractivity contribution >= 4 is 40.5 Å². The van der Waals surface area contributed by atoms with Crippen molar-refractivity contribution in [3.63, 3.8) is 0 Å². The molecule has 0 saturated carbocycles. The highest BCUT2D eigenvalue weighted by Crippen LogP contribution is 2.25. The van der Waals surface area contributed by atoms with Gasteiger partial charge in [0, 0.05) is 44.0 Å². The van der Waals surface area contributed by atoms with Crippen LogP contribution in [0.4, 0.5) is 31.7 Å². The van der Waals surface area contributed by atoms with Crippen LogP contribution in [0, 0.1) is 21.7 Å². The third-order valence-corrected chi connectivity index (χ3v) is 6.13. The van der Waals surface area contributed by atoms with Crippen molar-refractivity contribution in [2.45, 2.75) is 5.03 Å². The molecule has 1 saturated heterocycles. The van der Waals surface area contributed by atoms with E-state index in [0.717, 1.165) is 12.1 Å². The van der Waals surface area contributed by atoms with Gasteiger partial charge in [0.25, 0.3) is 0 Å². The number of carbonyl (C=O) groups excluding carboxylic acids is 1. The number of benzene rings is 2. The van der Waals surface area contributed by atoms with Crippen LogP contribution in [0.25, 0.3) is 0 Å². The number of nitro groups is 1. The lowest BCUT2D eigenvalue weighted by molar-refractivity contribution is -0.387. The van der Waals surface area contributed by atoms with Crippen LogP contribution in [-0.4, -0.2) is 52.7 Å². The summed E-state index contributed by atoms with van der Waals surface area (Å²) in [6.45, 7) is 2.58. The first kappa shape index (κ1) is 23.4. The number of nitrogens with zero attached hydrogens (tertiary/aromatic N) is 5. The van der Waals surface area contributed by atoms with E-state index >= 15 is 0 Å². The predicted molar refractivity (Wildman–Crippen MR) is 125 cm³/mol. The molecular weight excluding hydrogens is 466 g/mol.